The minimum Gasteiger partial charge on any atom is -0.364 e. The van der Waals surface area contributed by atoms with Crippen molar-refractivity contribution in [3.63, 3.8) is 0 Å². The summed E-state index contributed by atoms with van der Waals surface area (Å²) < 4.78 is 28.7. The maximum absolute atomic E-state index is 14.3. The summed E-state index contributed by atoms with van der Waals surface area (Å²) >= 11 is 0. The Hall–Kier alpha value is -1.16. The molecule has 1 heterocycles. The average molecular weight is 282 g/mol. The van der Waals surface area contributed by atoms with Crippen LogP contribution >= 0.6 is 0 Å². The average Bonchev–Trinajstić information content (AvgIpc) is 2.53. The van der Waals surface area contributed by atoms with E-state index in [1.165, 1.54) is 12.1 Å². The van der Waals surface area contributed by atoms with Gasteiger partial charge in [-0.25, -0.2) is 8.78 Å². The van der Waals surface area contributed by atoms with Crippen LogP contribution in [-0.4, -0.2) is 18.6 Å². The van der Waals surface area contributed by atoms with Gasteiger partial charge in [0, 0.05) is 18.6 Å². The number of benzene rings is 1. The lowest BCUT2D eigenvalue weighted by Gasteiger charge is -2.30. The Morgan fingerprint density at radius 2 is 1.90 bits per heavy atom. The zero-order chi connectivity index (χ0) is 14.7. The highest BCUT2D eigenvalue weighted by atomic mass is 19.1. The second-order valence-electron chi connectivity index (χ2n) is 5.98. The van der Waals surface area contributed by atoms with Gasteiger partial charge in [-0.2, -0.15) is 0 Å². The molecule has 4 heteroatoms. The smallest absolute Gasteiger partial charge is 0.149 e. The molecule has 20 heavy (non-hydrogen) atoms. The standard InChI is InChI=1S/C16H24F2N2/c1-11(19)8-13-9-14(17)16(15(18)10-13)20-7-5-3-4-6-12(20)2/h9-12H,3-8,19H2,1-2H3. The molecule has 2 nitrogen and oxygen atoms in total. The Kier molecular flexibility index (Phi) is 4.97. The van der Waals surface area contributed by atoms with Gasteiger partial charge in [0.2, 0.25) is 0 Å². The molecule has 1 fully saturated rings. The van der Waals surface area contributed by atoms with Gasteiger partial charge in [0.25, 0.3) is 0 Å². The van der Waals surface area contributed by atoms with Gasteiger partial charge in [0.15, 0.2) is 0 Å². The second kappa shape index (κ2) is 6.53. The molecule has 0 amide bonds. The van der Waals surface area contributed by atoms with E-state index in [-0.39, 0.29) is 17.8 Å². The summed E-state index contributed by atoms with van der Waals surface area (Å²) in [4.78, 5) is 1.88. The summed E-state index contributed by atoms with van der Waals surface area (Å²) in [6.45, 7) is 4.60. The minimum atomic E-state index is -0.464. The molecule has 1 saturated heterocycles. The molecular weight excluding hydrogens is 258 g/mol. The van der Waals surface area contributed by atoms with Crippen molar-refractivity contribution in [2.45, 2.75) is 58.0 Å². The maximum Gasteiger partial charge on any atom is 0.149 e. The van der Waals surface area contributed by atoms with Crippen molar-refractivity contribution < 1.29 is 8.78 Å². The number of hydrogen-bond acceptors (Lipinski definition) is 2. The van der Waals surface area contributed by atoms with Crippen LogP contribution in [0.1, 0.15) is 45.1 Å². The van der Waals surface area contributed by atoms with E-state index in [2.05, 4.69) is 0 Å². The predicted molar refractivity (Wildman–Crippen MR) is 79.0 cm³/mol. The van der Waals surface area contributed by atoms with Crippen LogP contribution in [0.3, 0.4) is 0 Å². The van der Waals surface area contributed by atoms with Crippen molar-refractivity contribution in [2.24, 2.45) is 5.73 Å². The molecule has 1 aromatic rings. The van der Waals surface area contributed by atoms with Crippen LogP contribution in [0.4, 0.5) is 14.5 Å². The highest BCUT2D eigenvalue weighted by Crippen LogP contribution is 2.30. The fourth-order valence-electron chi connectivity index (χ4n) is 2.99. The predicted octanol–water partition coefficient (Wildman–Crippen LogP) is 3.62. The van der Waals surface area contributed by atoms with Gasteiger partial charge in [0.1, 0.15) is 17.3 Å². The van der Waals surface area contributed by atoms with Gasteiger partial charge < -0.3 is 10.6 Å². The lowest BCUT2D eigenvalue weighted by Crippen LogP contribution is -2.34. The van der Waals surface area contributed by atoms with Crippen LogP contribution in [-0.2, 0) is 6.42 Å². The second-order valence-corrected chi connectivity index (χ2v) is 5.98. The van der Waals surface area contributed by atoms with E-state index in [0.717, 1.165) is 32.2 Å². The Balaban J connectivity index is 2.31. The van der Waals surface area contributed by atoms with Crippen LogP contribution in [0.25, 0.3) is 0 Å². The van der Waals surface area contributed by atoms with Crippen LogP contribution in [0.15, 0.2) is 12.1 Å². The molecule has 0 saturated carbocycles. The number of hydrogen-bond donors (Lipinski definition) is 1. The molecule has 2 atom stereocenters. The molecule has 0 spiro atoms. The van der Waals surface area contributed by atoms with Gasteiger partial charge in [0.05, 0.1) is 0 Å². The van der Waals surface area contributed by atoms with Gasteiger partial charge in [-0.1, -0.05) is 12.8 Å². The van der Waals surface area contributed by atoms with Crippen molar-refractivity contribution in [1.82, 2.24) is 0 Å². The van der Waals surface area contributed by atoms with E-state index < -0.39 is 11.6 Å². The summed E-state index contributed by atoms with van der Waals surface area (Å²) in [7, 11) is 0. The Morgan fingerprint density at radius 1 is 1.25 bits per heavy atom. The molecule has 0 aromatic heterocycles. The zero-order valence-corrected chi connectivity index (χ0v) is 12.3. The maximum atomic E-state index is 14.3. The van der Waals surface area contributed by atoms with Crippen LogP contribution < -0.4 is 10.6 Å². The van der Waals surface area contributed by atoms with E-state index in [0.29, 0.717) is 12.0 Å². The van der Waals surface area contributed by atoms with Gasteiger partial charge in [-0.3, -0.25) is 0 Å². The molecule has 2 N–H and O–H groups in total. The van der Waals surface area contributed by atoms with Gasteiger partial charge in [-0.15, -0.1) is 0 Å². The van der Waals surface area contributed by atoms with E-state index in [1.54, 1.807) is 0 Å². The van der Waals surface area contributed by atoms with E-state index in [9.17, 15) is 8.78 Å². The summed E-state index contributed by atoms with van der Waals surface area (Å²) in [5.74, 6) is -0.927. The largest absolute Gasteiger partial charge is 0.364 e. The van der Waals surface area contributed by atoms with Crippen molar-refractivity contribution in [3.8, 4) is 0 Å². The first-order chi connectivity index (χ1) is 9.49. The zero-order valence-electron chi connectivity index (χ0n) is 12.3. The quantitative estimate of drug-likeness (QED) is 0.917. The molecule has 0 radical (unpaired) electrons. The van der Waals surface area contributed by atoms with Crippen molar-refractivity contribution in [3.05, 3.63) is 29.3 Å². The normalized spacial score (nSPS) is 21.6. The minimum absolute atomic E-state index is 0.100. The summed E-state index contributed by atoms with van der Waals surface area (Å²) in [5.41, 5.74) is 6.45. The number of halogens is 2. The van der Waals surface area contributed by atoms with Crippen LogP contribution in [0.5, 0.6) is 0 Å². The molecular formula is C16H24F2N2. The number of nitrogens with two attached hydrogens (primary N) is 1. The van der Waals surface area contributed by atoms with E-state index >= 15 is 0 Å². The molecule has 1 aromatic carbocycles. The molecule has 0 aliphatic carbocycles. The lowest BCUT2D eigenvalue weighted by atomic mass is 10.1. The fraction of sp³-hybridized carbons (Fsp3) is 0.625. The SMILES string of the molecule is CC(N)Cc1cc(F)c(N2CCCCCC2C)c(F)c1. The van der Waals surface area contributed by atoms with Crippen molar-refractivity contribution in [2.75, 3.05) is 11.4 Å². The third-order valence-electron chi connectivity index (χ3n) is 3.97. The van der Waals surface area contributed by atoms with Crippen molar-refractivity contribution >= 4 is 5.69 Å². The highest BCUT2D eigenvalue weighted by Gasteiger charge is 2.23. The van der Waals surface area contributed by atoms with Crippen LogP contribution in [0.2, 0.25) is 0 Å². The fourth-order valence-corrected chi connectivity index (χ4v) is 2.99. The van der Waals surface area contributed by atoms with Crippen LogP contribution in [0, 0.1) is 11.6 Å². The lowest BCUT2D eigenvalue weighted by molar-refractivity contribution is 0.541. The topological polar surface area (TPSA) is 29.3 Å². The summed E-state index contributed by atoms with van der Waals surface area (Å²) in [6.07, 6.45) is 4.73. The third kappa shape index (κ3) is 3.48. The molecule has 112 valence electrons. The van der Waals surface area contributed by atoms with Gasteiger partial charge in [-0.05, 0) is 50.8 Å². The number of anilines is 1. The van der Waals surface area contributed by atoms with Gasteiger partial charge >= 0.3 is 0 Å². The van der Waals surface area contributed by atoms with E-state index in [4.69, 9.17) is 5.73 Å². The molecule has 1 aliphatic heterocycles. The number of rotatable bonds is 3. The third-order valence-corrected chi connectivity index (χ3v) is 3.97. The summed E-state index contributed by atoms with van der Waals surface area (Å²) in [6, 6.07) is 2.94. The Bertz CT molecular complexity index is 437. The molecule has 2 unspecified atom stereocenters. The first-order valence-corrected chi connectivity index (χ1v) is 7.49. The first-order valence-electron chi connectivity index (χ1n) is 7.49. The Labute approximate surface area is 120 Å². The Morgan fingerprint density at radius 3 is 2.50 bits per heavy atom. The molecule has 1 aliphatic rings. The van der Waals surface area contributed by atoms with Crippen molar-refractivity contribution in [1.29, 1.82) is 0 Å². The molecule has 0 bridgehead atoms. The number of nitrogens with zero attached hydrogens (tertiary/aromatic N) is 1. The highest BCUT2D eigenvalue weighted by molar-refractivity contribution is 5.51. The van der Waals surface area contributed by atoms with E-state index in [1.807, 2.05) is 18.7 Å². The summed E-state index contributed by atoms with van der Waals surface area (Å²) in [5, 5.41) is 0. The first kappa shape index (κ1) is 15.2. The molecule has 2 rings (SSSR count). The monoisotopic (exact) mass is 282 g/mol.